The topological polar surface area (TPSA) is 26.0 Å². The monoisotopic (exact) mass is 237 g/mol. The highest BCUT2D eigenvalue weighted by Crippen LogP contribution is 2.40. The van der Waals surface area contributed by atoms with Gasteiger partial charge < -0.3 is 5.73 Å². The van der Waals surface area contributed by atoms with Gasteiger partial charge in [-0.2, -0.15) is 0 Å². The zero-order chi connectivity index (χ0) is 12.7. The van der Waals surface area contributed by atoms with Gasteiger partial charge in [0, 0.05) is 12.1 Å². The van der Waals surface area contributed by atoms with Crippen molar-refractivity contribution in [2.45, 2.75) is 26.7 Å². The van der Waals surface area contributed by atoms with Gasteiger partial charge in [0.1, 0.15) is 0 Å². The summed E-state index contributed by atoms with van der Waals surface area (Å²) in [6.07, 6.45) is 2.05. The van der Waals surface area contributed by atoms with Crippen LogP contribution in [0, 0.1) is 5.92 Å². The van der Waals surface area contributed by atoms with Crippen molar-refractivity contribution in [1.29, 1.82) is 0 Å². The lowest BCUT2D eigenvalue weighted by Crippen LogP contribution is -2.02. The van der Waals surface area contributed by atoms with Gasteiger partial charge in [0.05, 0.1) is 0 Å². The minimum absolute atomic E-state index is 0.647. The summed E-state index contributed by atoms with van der Waals surface area (Å²) < 4.78 is 0. The molecule has 2 aromatic carbocycles. The Balaban J connectivity index is 2.10. The molecular formula is C17H19N. The minimum Gasteiger partial charge on any atom is -0.398 e. The fraction of sp³-hybridized carbons (Fsp3) is 0.294. The average Bonchev–Trinajstić information content (AvgIpc) is 2.72. The molecule has 0 heterocycles. The Morgan fingerprint density at radius 3 is 2.61 bits per heavy atom. The fourth-order valence-corrected chi connectivity index (χ4v) is 2.90. The third kappa shape index (κ3) is 1.71. The lowest BCUT2D eigenvalue weighted by Gasteiger charge is -2.12. The van der Waals surface area contributed by atoms with Crippen molar-refractivity contribution >= 4 is 5.69 Å². The molecule has 0 spiro atoms. The number of nitrogens with two attached hydrogens (primary N) is 1. The minimum atomic E-state index is 0.647. The van der Waals surface area contributed by atoms with E-state index in [4.69, 9.17) is 5.73 Å². The van der Waals surface area contributed by atoms with E-state index in [2.05, 4.69) is 50.2 Å². The molecule has 1 heteroatoms. The molecule has 18 heavy (non-hydrogen) atoms. The number of nitrogen functional groups attached to an aromatic ring is 1. The molecule has 2 N–H and O–H groups in total. The van der Waals surface area contributed by atoms with E-state index in [0.717, 1.165) is 18.5 Å². The van der Waals surface area contributed by atoms with Crippen LogP contribution in [0.2, 0.25) is 0 Å². The van der Waals surface area contributed by atoms with Gasteiger partial charge in [-0.15, -0.1) is 0 Å². The first-order valence-electron chi connectivity index (χ1n) is 6.65. The summed E-state index contributed by atoms with van der Waals surface area (Å²) in [5, 5.41) is 0. The van der Waals surface area contributed by atoms with Gasteiger partial charge in [-0.25, -0.2) is 0 Å². The molecule has 0 amide bonds. The fourth-order valence-electron chi connectivity index (χ4n) is 2.90. The predicted molar refractivity (Wildman–Crippen MR) is 77.6 cm³/mol. The van der Waals surface area contributed by atoms with Crippen molar-refractivity contribution < 1.29 is 0 Å². The summed E-state index contributed by atoms with van der Waals surface area (Å²) in [6.45, 7) is 4.48. The standard InChI is InChI=1S/C17H19N/c1-11(2)9-13-7-8-15-14-6-4-3-5-12(14)10-16(15)17(13)18/h3-8,11H,9-10,18H2,1-2H3. The molecule has 0 saturated heterocycles. The lowest BCUT2D eigenvalue weighted by atomic mass is 9.95. The highest BCUT2D eigenvalue weighted by atomic mass is 14.6. The summed E-state index contributed by atoms with van der Waals surface area (Å²) >= 11 is 0. The highest BCUT2D eigenvalue weighted by molar-refractivity contribution is 5.82. The van der Waals surface area contributed by atoms with Crippen LogP contribution < -0.4 is 5.73 Å². The van der Waals surface area contributed by atoms with E-state index in [1.165, 1.54) is 27.8 Å². The van der Waals surface area contributed by atoms with E-state index < -0.39 is 0 Å². The smallest absolute Gasteiger partial charge is 0.0388 e. The van der Waals surface area contributed by atoms with Crippen LogP contribution in [0.1, 0.15) is 30.5 Å². The van der Waals surface area contributed by atoms with Gasteiger partial charge >= 0.3 is 0 Å². The Morgan fingerprint density at radius 1 is 1.06 bits per heavy atom. The van der Waals surface area contributed by atoms with E-state index >= 15 is 0 Å². The second-order valence-corrected chi connectivity index (χ2v) is 5.60. The van der Waals surface area contributed by atoms with Gasteiger partial charge in [-0.1, -0.05) is 50.2 Å². The van der Waals surface area contributed by atoms with E-state index in [1.807, 2.05) is 0 Å². The molecule has 0 unspecified atom stereocenters. The zero-order valence-electron chi connectivity index (χ0n) is 11.0. The molecular weight excluding hydrogens is 218 g/mol. The first-order valence-corrected chi connectivity index (χ1v) is 6.65. The summed E-state index contributed by atoms with van der Waals surface area (Å²) in [7, 11) is 0. The molecule has 0 aliphatic heterocycles. The Morgan fingerprint density at radius 2 is 1.83 bits per heavy atom. The maximum atomic E-state index is 6.36. The maximum Gasteiger partial charge on any atom is 0.0388 e. The molecule has 0 radical (unpaired) electrons. The van der Waals surface area contributed by atoms with Crippen LogP contribution in [0.5, 0.6) is 0 Å². The number of hydrogen-bond acceptors (Lipinski definition) is 1. The third-order valence-electron chi connectivity index (χ3n) is 3.75. The molecule has 0 saturated carbocycles. The van der Waals surface area contributed by atoms with Gasteiger partial charge in [0.25, 0.3) is 0 Å². The molecule has 0 fully saturated rings. The van der Waals surface area contributed by atoms with Crippen LogP contribution in [0.4, 0.5) is 5.69 Å². The maximum absolute atomic E-state index is 6.36. The largest absolute Gasteiger partial charge is 0.398 e. The third-order valence-corrected chi connectivity index (χ3v) is 3.75. The van der Waals surface area contributed by atoms with Gasteiger partial charge in [-0.05, 0) is 40.2 Å². The highest BCUT2D eigenvalue weighted by Gasteiger charge is 2.21. The van der Waals surface area contributed by atoms with Crippen LogP contribution in [0.25, 0.3) is 11.1 Å². The summed E-state index contributed by atoms with van der Waals surface area (Å²) in [5.41, 5.74) is 14.1. The molecule has 0 bridgehead atoms. The van der Waals surface area contributed by atoms with E-state index in [0.29, 0.717) is 5.92 Å². The second-order valence-electron chi connectivity index (χ2n) is 5.60. The van der Waals surface area contributed by atoms with Crippen LogP contribution >= 0.6 is 0 Å². The zero-order valence-corrected chi connectivity index (χ0v) is 11.0. The van der Waals surface area contributed by atoms with Crippen molar-refractivity contribution in [3.05, 3.63) is 53.1 Å². The van der Waals surface area contributed by atoms with Crippen molar-refractivity contribution in [2.24, 2.45) is 5.92 Å². The first-order chi connectivity index (χ1) is 8.66. The van der Waals surface area contributed by atoms with Gasteiger partial charge in [0.2, 0.25) is 0 Å². The van der Waals surface area contributed by atoms with Gasteiger partial charge in [-0.3, -0.25) is 0 Å². The first kappa shape index (κ1) is 11.3. The predicted octanol–water partition coefficient (Wildman–Crippen LogP) is 4.04. The lowest BCUT2D eigenvalue weighted by molar-refractivity contribution is 0.648. The molecule has 1 aliphatic carbocycles. The summed E-state index contributed by atoms with van der Waals surface area (Å²) in [4.78, 5) is 0. The molecule has 92 valence electrons. The van der Waals surface area contributed by atoms with Crippen molar-refractivity contribution in [3.63, 3.8) is 0 Å². The Kier molecular flexibility index (Phi) is 2.62. The Hall–Kier alpha value is -1.76. The normalized spacial score (nSPS) is 12.6. The van der Waals surface area contributed by atoms with Crippen LogP contribution in [0.3, 0.4) is 0 Å². The summed E-state index contributed by atoms with van der Waals surface area (Å²) in [6, 6.07) is 13.1. The van der Waals surface area contributed by atoms with Crippen LogP contribution in [-0.2, 0) is 12.8 Å². The van der Waals surface area contributed by atoms with Gasteiger partial charge in [0.15, 0.2) is 0 Å². The number of fused-ring (bicyclic) bond motifs is 3. The van der Waals surface area contributed by atoms with Crippen LogP contribution in [-0.4, -0.2) is 0 Å². The van der Waals surface area contributed by atoms with Crippen molar-refractivity contribution in [3.8, 4) is 11.1 Å². The molecule has 1 aliphatic rings. The van der Waals surface area contributed by atoms with Crippen molar-refractivity contribution in [1.82, 2.24) is 0 Å². The molecule has 2 aromatic rings. The Labute approximate surface area is 109 Å². The molecule has 0 atom stereocenters. The Bertz CT molecular complexity index is 597. The quantitative estimate of drug-likeness (QED) is 0.669. The van der Waals surface area contributed by atoms with E-state index in [9.17, 15) is 0 Å². The van der Waals surface area contributed by atoms with E-state index in [-0.39, 0.29) is 0 Å². The summed E-state index contributed by atoms with van der Waals surface area (Å²) in [5.74, 6) is 0.647. The van der Waals surface area contributed by atoms with E-state index in [1.54, 1.807) is 0 Å². The molecule has 0 aromatic heterocycles. The second kappa shape index (κ2) is 4.16. The molecule has 1 nitrogen and oxygen atoms in total. The SMILES string of the molecule is CC(C)Cc1ccc2c(c1N)Cc1ccccc1-2. The molecule has 3 rings (SSSR count). The van der Waals surface area contributed by atoms with Crippen molar-refractivity contribution in [2.75, 3.05) is 5.73 Å². The number of benzene rings is 2. The number of hydrogen-bond donors (Lipinski definition) is 1. The average molecular weight is 237 g/mol. The van der Waals surface area contributed by atoms with Crippen LogP contribution in [0.15, 0.2) is 36.4 Å². The number of anilines is 1. The number of rotatable bonds is 2.